The van der Waals surface area contributed by atoms with Gasteiger partial charge in [0.1, 0.15) is 0 Å². The molecule has 2 N–H and O–H groups in total. The van der Waals surface area contributed by atoms with Crippen molar-refractivity contribution in [3.63, 3.8) is 0 Å². The van der Waals surface area contributed by atoms with Crippen LogP contribution >= 0.6 is 0 Å². The molecule has 19 heavy (non-hydrogen) atoms. The first-order valence-corrected chi connectivity index (χ1v) is 7.93. The summed E-state index contributed by atoms with van der Waals surface area (Å²) in [6, 6.07) is 0.816. The van der Waals surface area contributed by atoms with Crippen LogP contribution in [0.2, 0.25) is 0 Å². The Morgan fingerprint density at radius 1 is 1.11 bits per heavy atom. The predicted molar refractivity (Wildman–Crippen MR) is 71.8 cm³/mol. The largest absolute Gasteiger partial charge is 0.378 e. The zero-order valence-corrected chi connectivity index (χ0v) is 11.5. The number of fused-ring (bicyclic) bond motifs is 1. The van der Waals surface area contributed by atoms with Crippen LogP contribution in [0.5, 0.6) is 0 Å². The molecule has 3 saturated carbocycles. The van der Waals surface area contributed by atoms with E-state index in [9.17, 15) is 4.79 Å². The molecule has 4 rings (SSSR count). The zero-order chi connectivity index (χ0) is 12.9. The summed E-state index contributed by atoms with van der Waals surface area (Å²) in [6.07, 6.45) is 10.2. The van der Waals surface area contributed by atoms with Gasteiger partial charge in [0, 0.05) is 24.6 Å². The van der Waals surface area contributed by atoms with Crippen LogP contribution in [0.1, 0.15) is 51.4 Å². The van der Waals surface area contributed by atoms with Crippen LogP contribution in [0.25, 0.3) is 0 Å². The van der Waals surface area contributed by atoms with Gasteiger partial charge in [-0.05, 0) is 56.8 Å². The van der Waals surface area contributed by atoms with Crippen molar-refractivity contribution in [2.24, 2.45) is 11.3 Å². The molecule has 1 heterocycles. The maximum atomic E-state index is 12.1. The monoisotopic (exact) mass is 264 g/mol. The van der Waals surface area contributed by atoms with E-state index in [1.807, 2.05) is 0 Å². The van der Waals surface area contributed by atoms with Crippen molar-refractivity contribution in [2.45, 2.75) is 69.6 Å². The lowest BCUT2D eigenvalue weighted by Crippen LogP contribution is -2.54. The van der Waals surface area contributed by atoms with Crippen molar-refractivity contribution in [1.82, 2.24) is 10.6 Å². The predicted octanol–water partition coefficient (Wildman–Crippen LogP) is 2.19. The van der Waals surface area contributed by atoms with E-state index in [4.69, 9.17) is 4.74 Å². The summed E-state index contributed by atoms with van der Waals surface area (Å²) >= 11 is 0. The third-order valence-corrected chi connectivity index (χ3v) is 5.75. The summed E-state index contributed by atoms with van der Waals surface area (Å²) in [6.45, 7) is 0.875. The van der Waals surface area contributed by atoms with E-state index in [-0.39, 0.29) is 6.03 Å². The van der Waals surface area contributed by atoms with Crippen LogP contribution in [-0.2, 0) is 4.74 Å². The van der Waals surface area contributed by atoms with Gasteiger partial charge in [0.05, 0.1) is 6.10 Å². The van der Waals surface area contributed by atoms with Gasteiger partial charge in [0.25, 0.3) is 0 Å². The molecule has 1 spiro atoms. The Kier molecular flexibility index (Phi) is 2.76. The molecule has 4 fully saturated rings. The van der Waals surface area contributed by atoms with Crippen molar-refractivity contribution in [1.29, 1.82) is 0 Å². The Balaban J connectivity index is 1.27. The number of amides is 2. The van der Waals surface area contributed by atoms with E-state index in [1.165, 1.54) is 38.5 Å². The normalized spacial score (nSPS) is 39.5. The molecule has 3 unspecified atom stereocenters. The lowest BCUT2D eigenvalue weighted by Gasteiger charge is -2.38. The summed E-state index contributed by atoms with van der Waals surface area (Å²) in [4.78, 5) is 12.1. The second-order valence-electron chi connectivity index (χ2n) is 7.12. The second-order valence-corrected chi connectivity index (χ2v) is 7.12. The fourth-order valence-corrected chi connectivity index (χ4v) is 4.42. The maximum Gasteiger partial charge on any atom is 0.315 e. The van der Waals surface area contributed by atoms with Crippen molar-refractivity contribution < 1.29 is 9.53 Å². The topological polar surface area (TPSA) is 50.4 Å². The van der Waals surface area contributed by atoms with Gasteiger partial charge in [0.2, 0.25) is 0 Å². The van der Waals surface area contributed by atoms with E-state index >= 15 is 0 Å². The van der Waals surface area contributed by atoms with Gasteiger partial charge in [-0.1, -0.05) is 0 Å². The highest BCUT2D eigenvalue weighted by Gasteiger charge is 2.53. The molecule has 0 aromatic carbocycles. The van der Waals surface area contributed by atoms with Crippen molar-refractivity contribution >= 4 is 6.03 Å². The molecule has 2 amide bonds. The molecular weight excluding hydrogens is 240 g/mol. The summed E-state index contributed by atoms with van der Waals surface area (Å²) < 4.78 is 5.75. The number of carbonyl (C=O) groups is 1. The SMILES string of the molecule is O=C(NC1CC2(CC2)C1)NC1CCCC2OCCC12. The summed E-state index contributed by atoms with van der Waals surface area (Å²) in [5.41, 5.74) is 0.660. The number of rotatable bonds is 2. The Labute approximate surface area is 114 Å². The van der Waals surface area contributed by atoms with Crippen molar-refractivity contribution in [3.05, 3.63) is 0 Å². The molecule has 1 aliphatic heterocycles. The number of carbonyl (C=O) groups excluding carboxylic acids is 1. The average Bonchev–Trinajstić information content (AvgIpc) is 2.99. The van der Waals surface area contributed by atoms with Gasteiger partial charge in [-0.25, -0.2) is 4.79 Å². The van der Waals surface area contributed by atoms with Gasteiger partial charge >= 0.3 is 6.03 Å². The first-order valence-electron chi connectivity index (χ1n) is 7.93. The lowest BCUT2D eigenvalue weighted by molar-refractivity contribution is 0.0546. The minimum absolute atomic E-state index is 0.0537. The minimum atomic E-state index is 0.0537. The Morgan fingerprint density at radius 2 is 1.95 bits per heavy atom. The number of ether oxygens (including phenoxy) is 1. The third kappa shape index (κ3) is 2.24. The van der Waals surface area contributed by atoms with E-state index in [1.54, 1.807) is 0 Å². The van der Waals surface area contributed by atoms with Gasteiger partial charge in [-0.2, -0.15) is 0 Å². The molecule has 4 aliphatic rings. The first kappa shape index (κ1) is 12.0. The van der Waals surface area contributed by atoms with Crippen molar-refractivity contribution in [3.8, 4) is 0 Å². The Bertz CT molecular complexity index is 372. The fraction of sp³-hybridized carbons (Fsp3) is 0.933. The average molecular weight is 264 g/mol. The molecule has 0 aromatic rings. The summed E-state index contributed by atoms with van der Waals surface area (Å²) in [5.74, 6) is 0.552. The lowest BCUT2D eigenvalue weighted by atomic mass is 9.77. The molecular formula is C15H24N2O2. The van der Waals surface area contributed by atoms with Gasteiger partial charge in [0.15, 0.2) is 0 Å². The Morgan fingerprint density at radius 3 is 2.74 bits per heavy atom. The number of urea groups is 1. The van der Waals surface area contributed by atoms with Gasteiger partial charge in [-0.15, -0.1) is 0 Å². The number of hydrogen-bond donors (Lipinski definition) is 2. The highest BCUT2D eigenvalue weighted by Crippen LogP contribution is 2.60. The third-order valence-electron chi connectivity index (χ3n) is 5.75. The standard InChI is InChI=1S/C15H24N2O2/c18-14(16-10-8-15(9-10)5-6-15)17-12-2-1-3-13-11(12)4-7-19-13/h10-13H,1-9H2,(H2,16,17,18). The van der Waals surface area contributed by atoms with E-state index in [2.05, 4.69) is 10.6 Å². The van der Waals surface area contributed by atoms with Crippen LogP contribution < -0.4 is 10.6 Å². The fourth-order valence-electron chi connectivity index (χ4n) is 4.42. The summed E-state index contributed by atoms with van der Waals surface area (Å²) in [5, 5.41) is 6.36. The zero-order valence-electron chi connectivity index (χ0n) is 11.5. The van der Waals surface area contributed by atoms with Crippen LogP contribution in [0.4, 0.5) is 4.79 Å². The summed E-state index contributed by atoms with van der Waals surface area (Å²) in [7, 11) is 0. The molecule has 3 aliphatic carbocycles. The molecule has 3 atom stereocenters. The molecule has 106 valence electrons. The van der Waals surface area contributed by atoms with Gasteiger partial charge < -0.3 is 15.4 Å². The maximum absolute atomic E-state index is 12.1. The molecule has 4 nitrogen and oxygen atoms in total. The first-order chi connectivity index (χ1) is 9.24. The van der Waals surface area contributed by atoms with E-state index in [0.717, 1.165) is 19.4 Å². The molecule has 0 bridgehead atoms. The highest BCUT2D eigenvalue weighted by atomic mass is 16.5. The van der Waals surface area contributed by atoms with Crippen LogP contribution in [-0.4, -0.2) is 30.8 Å². The minimum Gasteiger partial charge on any atom is -0.378 e. The highest BCUT2D eigenvalue weighted by molar-refractivity contribution is 5.74. The number of hydrogen-bond acceptors (Lipinski definition) is 2. The quantitative estimate of drug-likeness (QED) is 0.803. The smallest absolute Gasteiger partial charge is 0.315 e. The molecule has 4 heteroatoms. The van der Waals surface area contributed by atoms with E-state index in [0.29, 0.717) is 29.5 Å². The number of nitrogens with one attached hydrogen (secondary N) is 2. The molecule has 0 radical (unpaired) electrons. The van der Waals surface area contributed by atoms with Crippen LogP contribution in [0, 0.1) is 11.3 Å². The van der Waals surface area contributed by atoms with Gasteiger partial charge in [-0.3, -0.25) is 0 Å². The second kappa shape index (κ2) is 4.37. The van der Waals surface area contributed by atoms with E-state index < -0.39 is 0 Å². The molecule has 0 aromatic heterocycles. The Hall–Kier alpha value is -0.770. The van der Waals surface area contributed by atoms with Crippen molar-refractivity contribution in [2.75, 3.05) is 6.61 Å². The van der Waals surface area contributed by atoms with Crippen LogP contribution in [0.3, 0.4) is 0 Å². The molecule has 1 saturated heterocycles. The van der Waals surface area contributed by atoms with Crippen LogP contribution in [0.15, 0.2) is 0 Å².